The molecule has 17 heavy (non-hydrogen) atoms. The fraction of sp³-hybridized carbons (Fsp3) is 0.533. The van der Waals surface area contributed by atoms with Crippen molar-refractivity contribution in [3.63, 3.8) is 0 Å². The average Bonchev–Trinajstić information content (AvgIpc) is 3.01. The van der Waals surface area contributed by atoms with E-state index in [2.05, 4.69) is 37.3 Å². The van der Waals surface area contributed by atoms with E-state index < -0.39 is 0 Å². The van der Waals surface area contributed by atoms with Crippen LogP contribution in [0.4, 0.5) is 0 Å². The molecule has 0 heterocycles. The van der Waals surface area contributed by atoms with Crippen LogP contribution >= 0.6 is 0 Å². The maximum atomic E-state index is 11.5. The van der Waals surface area contributed by atoms with Crippen LogP contribution in [-0.4, -0.2) is 24.4 Å². The van der Waals surface area contributed by atoms with E-state index in [4.69, 9.17) is 0 Å². The van der Waals surface area contributed by atoms with Gasteiger partial charge >= 0.3 is 0 Å². The van der Waals surface area contributed by atoms with Crippen LogP contribution < -0.4 is 0 Å². The van der Waals surface area contributed by atoms with Gasteiger partial charge < -0.3 is 4.90 Å². The van der Waals surface area contributed by atoms with Gasteiger partial charge in [-0.2, -0.15) is 0 Å². The van der Waals surface area contributed by atoms with Crippen LogP contribution in [0.25, 0.3) is 0 Å². The highest BCUT2D eigenvalue weighted by Gasteiger charge is 2.51. The zero-order valence-electron chi connectivity index (χ0n) is 10.9. The summed E-state index contributed by atoms with van der Waals surface area (Å²) in [5, 5.41) is 0. The number of benzene rings is 1. The normalized spacial score (nSPS) is 26.6. The largest absolute Gasteiger partial charge is 0.345 e. The molecule has 92 valence electrons. The summed E-state index contributed by atoms with van der Waals surface area (Å²) in [7, 11) is 1.91. The highest BCUT2D eigenvalue weighted by atomic mass is 16.2. The van der Waals surface area contributed by atoms with E-state index in [9.17, 15) is 4.79 Å². The summed E-state index contributed by atoms with van der Waals surface area (Å²) in [6.07, 6.45) is 1.80. The lowest BCUT2D eigenvalue weighted by Gasteiger charge is -2.18. The first kappa shape index (κ1) is 12.2. The van der Waals surface area contributed by atoms with Crippen molar-refractivity contribution in [2.24, 2.45) is 5.92 Å². The lowest BCUT2D eigenvalue weighted by atomic mass is 9.95. The van der Waals surface area contributed by atoms with Crippen LogP contribution in [0.2, 0.25) is 0 Å². The van der Waals surface area contributed by atoms with E-state index >= 15 is 0 Å². The Labute approximate surface area is 104 Å². The molecule has 0 saturated heterocycles. The minimum atomic E-state index is 0.243. The highest BCUT2D eigenvalue weighted by Crippen LogP contribution is 2.54. The zero-order valence-corrected chi connectivity index (χ0v) is 10.9. The molecule has 2 unspecified atom stereocenters. The Bertz CT molecular complexity index is 401. The summed E-state index contributed by atoms with van der Waals surface area (Å²) in [6, 6.07) is 10.6. The van der Waals surface area contributed by atoms with Crippen molar-refractivity contribution in [3.05, 3.63) is 35.9 Å². The maximum Gasteiger partial charge on any atom is 0.222 e. The smallest absolute Gasteiger partial charge is 0.222 e. The van der Waals surface area contributed by atoms with Gasteiger partial charge in [0.1, 0.15) is 0 Å². The van der Waals surface area contributed by atoms with E-state index in [1.54, 1.807) is 0 Å². The van der Waals surface area contributed by atoms with Gasteiger partial charge in [-0.25, -0.2) is 0 Å². The first-order valence-electron chi connectivity index (χ1n) is 6.37. The molecule has 1 aliphatic carbocycles. The topological polar surface area (TPSA) is 20.3 Å². The molecule has 0 aliphatic heterocycles. The van der Waals surface area contributed by atoms with Crippen molar-refractivity contribution in [3.8, 4) is 0 Å². The second-order valence-corrected chi connectivity index (χ2v) is 5.31. The Hall–Kier alpha value is -1.31. The summed E-state index contributed by atoms with van der Waals surface area (Å²) >= 11 is 0. The summed E-state index contributed by atoms with van der Waals surface area (Å²) < 4.78 is 0. The molecule has 0 N–H and O–H groups in total. The SMILES string of the molecule is CCC(=O)N(C)CC1CC1(C)c1ccccc1. The molecule has 0 spiro atoms. The van der Waals surface area contributed by atoms with Crippen molar-refractivity contribution < 1.29 is 4.79 Å². The number of carbonyl (C=O) groups is 1. The Morgan fingerprint density at radius 3 is 2.65 bits per heavy atom. The fourth-order valence-corrected chi connectivity index (χ4v) is 2.59. The number of nitrogens with zero attached hydrogens (tertiary/aromatic N) is 1. The third-order valence-corrected chi connectivity index (χ3v) is 4.07. The summed E-state index contributed by atoms with van der Waals surface area (Å²) in [5.74, 6) is 0.859. The molecule has 1 saturated carbocycles. The summed E-state index contributed by atoms with van der Waals surface area (Å²) in [6.45, 7) is 5.11. The van der Waals surface area contributed by atoms with Gasteiger partial charge in [-0.1, -0.05) is 44.2 Å². The third-order valence-electron chi connectivity index (χ3n) is 4.07. The van der Waals surface area contributed by atoms with Gasteiger partial charge in [0.05, 0.1) is 0 Å². The van der Waals surface area contributed by atoms with Gasteiger partial charge in [0.25, 0.3) is 0 Å². The average molecular weight is 231 g/mol. The van der Waals surface area contributed by atoms with E-state index in [1.807, 2.05) is 18.9 Å². The predicted octanol–water partition coefficient (Wildman–Crippen LogP) is 2.83. The van der Waals surface area contributed by atoms with Crippen molar-refractivity contribution in [1.29, 1.82) is 0 Å². The van der Waals surface area contributed by atoms with Gasteiger partial charge in [-0.05, 0) is 23.3 Å². The first-order valence-corrected chi connectivity index (χ1v) is 6.37. The Morgan fingerprint density at radius 2 is 2.06 bits per heavy atom. The molecule has 1 aromatic carbocycles. The van der Waals surface area contributed by atoms with E-state index in [0.29, 0.717) is 12.3 Å². The summed E-state index contributed by atoms with van der Waals surface area (Å²) in [4.78, 5) is 13.4. The van der Waals surface area contributed by atoms with Gasteiger partial charge in [0.15, 0.2) is 0 Å². The number of amides is 1. The molecule has 0 bridgehead atoms. The van der Waals surface area contributed by atoms with Crippen LogP contribution in [0.3, 0.4) is 0 Å². The Kier molecular flexibility index (Phi) is 3.23. The van der Waals surface area contributed by atoms with Crippen LogP contribution in [0, 0.1) is 5.92 Å². The lowest BCUT2D eigenvalue weighted by molar-refractivity contribution is -0.129. The number of hydrogen-bond donors (Lipinski definition) is 0. The quantitative estimate of drug-likeness (QED) is 0.780. The highest BCUT2D eigenvalue weighted by molar-refractivity contribution is 5.75. The standard InChI is InChI=1S/C15H21NO/c1-4-14(17)16(3)11-13-10-15(13,2)12-8-6-5-7-9-12/h5-9,13H,4,10-11H2,1-3H3. The predicted molar refractivity (Wildman–Crippen MR) is 69.8 cm³/mol. The molecular weight excluding hydrogens is 210 g/mol. The van der Waals surface area contributed by atoms with E-state index in [0.717, 1.165) is 6.54 Å². The van der Waals surface area contributed by atoms with Crippen LogP contribution in [0.5, 0.6) is 0 Å². The van der Waals surface area contributed by atoms with Crippen molar-refractivity contribution in [2.45, 2.75) is 32.1 Å². The molecule has 1 aromatic rings. The molecule has 2 heteroatoms. The third kappa shape index (κ3) is 2.36. The van der Waals surface area contributed by atoms with Crippen LogP contribution in [-0.2, 0) is 10.2 Å². The number of rotatable bonds is 4. The van der Waals surface area contributed by atoms with Crippen molar-refractivity contribution in [2.75, 3.05) is 13.6 Å². The molecule has 1 aliphatic rings. The molecule has 2 atom stereocenters. The molecule has 1 fully saturated rings. The Morgan fingerprint density at radius 1 is 1.41 bits per heavy atom. The molecule has 2 rings (SSSR count). The zero-order chi connectivity index (χ0) is 12.5. The minimum absolute atomic E-state index is 0.243. The van der Waals surface area contributed by atoms with Crippen LogP contribution in [0.1, 0.15) is 32.3 Å². The fourth-order valence-electron chi connectivity index (χ4n) is 2.59. The number of hydrogen-bond acceptors (Lipinski definition) is 1. The van der Waals surface area contributed by atoms with E-state index in [-0.39, 0.29) is 11.3 Å². The minimum Gasteiger partial charge on any atom is -0.345 e. The van der Waals surface area contributed by atoms with Gasteiger partial charge in [-0.15, -0.1) is 0 Å². The second kappa shape index (κ2) is 4.52. The van der Waals surface area contributed by atoms with Crippen molar-refractivity contribution in [1.82, 2.24) is 4.90 Å². The molecule has 0 aromatic heterocycles. The lowest BCUT2D eigenvalue weighted by Crippen LogP contribution is -2.29. The van der Waals surface area contributed by atoms with Gasteiger partial charge in [-0.3, -0.25) is 4.79 Å². The van der Waals surface area contributed by atoms with Crippen molar-refractivity contribution >= 4 is 5.91 Å². The summed E-state index contributed by atoms with van der Waals surface area (Å²) in [5.41, 5.74) is 1.69. The second-order valence-electron chi connectivity index (χ2n) is 5.31. The Balaban J connectivity index is 1.98. The molecule has 2 nitrogen and oxygen atoms in total. The maximum absolute atomic E-state index is 11.5. The van der Waals surface area contributed by atoms with E-state index in [1.165, 1.54) is 12.0 Å². The number of carbonyl (C=O) groups excluding carboxylic acids is 1. The van der Waals surface area contributed by atoms with Gasteiger partial charge in [0, 0.05) is 20.0 Å². The molecule has 0 radical (unpaired) electrons. The monoisotopic (exact) mass is 231 g/mol. The molecular formula is C15H21NO. The van der Waals surface area contributed by atoms with Crippen LogP contribution in [0.15, 0.2) is 30.3 Å². The van der Waals surface area contributed by atoms with Gasteiger partial charge in [0.2, 0.25) is 5.91 Å². The molecule has 1 amide bonds. The first-order chi connectivity index (χ1) is 8.08.